The van der Waals surface area contributed by atoms with Crippen molar-refractivity contribution >= 4 is 17.3 Å². The molecule has 0 amide bonds. The molecule has 0 bridgehead atoms. The molecule has 4 saturated carbocycles. The molecule has 4 nitrogen and oxygen atoms in total. The Morgan fingerprint density at radius 3 is 2.31 bits per heavy atom. The first-order chi connectivity index (χ1) is 19.5. The van der Waals surface area contributed by atoms with Gasteiger partial charge in [-0.3, -0.25) is 14.4 Å². The lowest BCUT2D eigenvalue weighted by atomic mass is 9.34. The molecule has 6 aliphatic carbocycles. The van der Waals surface area contributed by atoms with E-state index in [0.717, 1.165) is 51.4 Å². The number of hydrogen-bond donors (Lipinski definition) is 0. The van der Waals surface area contributed by atoms with Gasteiger partial charge in [-0.05, 0) is 110 Å². The molecule has 6 rings (SSSR count). The standard InChI is InChI=1S/C38H53NO3/c1-33(2)15-17-38(13-8-9-24-10-11-26(40)19-24)18-16-37(7)31(27(38)22-33)28(41)20-30-35(5)21-25(23-39)32(42)34(3,4)29(35)12-14-36(30,37)6/h20-21,24,27,29,31H,8-19,22H2,1-7H3/t24?,27?,29?,31-,35-,36+,37+,38+/m0/s1. The van der Waals surface area contributed by atoms with Crippen LogP contribution in [0.2, 0.25) is 0 Å². The molecule has 6 aliphatic rings. The van der Waals surface area contributed by atoms with E-state index in [1.54, 1.807) is 0 Å². The number of Topliss-reactive ketones (excluding diaryl/α,β-unsaturated/α-hetero) is 2. The number of rotatable bonds is 4. The molecule has 0 aromatic heterocycles. The van der Waals surface area contributed by atoms with Gasteiger partial charge in [-0.15, -0.1) is 0 Å². The molecule has 0 saturated heterocycles. The average molecular weight is 572 g/mol. The van der Waals surface area contributed by atoms with Gasteiger partial charge in [-0.1, -0.05) is 66.5 Å². The third-order valence-corrected chi connectivity index (χ3v) is 14.7. The number of nitriles is 1. The van der Waals surface area contributed by atoms with Crippen LogP contribution in [0.15, 0.2) is 23.3 Å². The van der Waals surface area contributed by atoms with E-state index in [0.29, 0.717) is 23.4 Å². The van der Waals surface area contributed by atoms with Gasteiger partial charge in [0.2, 0.25) is 0 Å². The highest BCUT2D eigenvalue weighted by atomic mass is 16.1. The van der Waals surface area contributed by atoms with E-state index in [4.69, 9.17) is 0 Å². The van der Waals surface area contributed by atoms with Crippen molar-refractivity contribution in [1.82, 2.24) is 0 Å². The maximum atomic E-state index is 14.7. The highest BCUT2D eigenvalue weighted by Crippen LogP contribution is 2.75. The summed E-state index contributed by atoms with van der Waals surface area (Å²) in [7, 11) is 0. The van der Waals surface area contributed by atoms with E-state index >= 15 is 0 Å². The van der Waals surface area contributed by atoms with E-state index in [1.807, 2.05) is 26.0 Å². The average Bonchev–Trinajstić information content (AvgIpc) is 3.33. The van der Waals surface area contributed by atoms with Crippen LogP contribution in [-0.2, 0) is 14.4 Å². The zero-order chi connectivity index (χ0) is 30.5. The van der Waals surface area contributed by atoms with Crippen LogP contribution >= 0.6 is 0 Å². The minimum atomic E-state index is -0.628. The van der Waals surface area contributed by atoms with Gasteiger partial charge in [0.05, 0.1) is 5.57 Å². The summed E-state index contributed by atoms with van der Waals surface area (Å²) < 4.78 is 0. The maximum absolute atomic E-state index is 14.7. The van der Waals surface area contributed by atoms with Gasteiger partial charge >= 0.3 is 0 Å². The van der Waals surface area contributed by atoms with Crippen LogP contribution in [0.3, 0.4) is 0 Å². The highest BCUT2D eigenvalue weighted by Gasteiger charge is 2.69. The fourth-order valence-corrected chi connectivity index (χ4v) is 12.1. The van der Waals surface area contributed by atoms with Crippen molar-refractivity contribution in [2.75, 3.05) is 0 Å². The lowest BCUT2D eigenvalue weighted by Crippen LogP contribution is -2.64. The van der Waals surface area contributed by atoms with E-state index in [9.17, 15) is 19.6 Å². The van der Waals surface area contributed by atoms with Crippen molar-refractivity contribution in [2.45, 2.75) is 132 Å². The summed E-state index contributed by atoms with van der Waals surface area (Å²) in [6.07, 6.45) is 17.9. The molecule has 3 unspecified atom stereocenters. The fraction of sp³-hybridized carbons (Fsp3) is 0.789. The molecular formula is C38H53NO3. The summed E-state index contributed by atoms with van der Waals surface area (Å²) in [5, 5.41) is 9.97. The number of ketones is 3. The van der Waals surface area contributed by atoms with Crippen LogP contribution in [0.5, 0.6) is 0 Å². The van der Waals surface area contributed by atoms with Crippen molar-refractivity contribution in [1.29, 1.82) is 5.26 Å². The van der Waals surface area contributed by atoms with Crippen molar-refractivity contribution in [3.05, 3.63) is 23.3 Å². The number of allylic oxidation sites excluding steroid dienone is 4. The molecule has 0 N–H and O–H groups in total. The van der Waals surface area contributed by atoms with Crippen LogP contribution in [0.25, 0.3) is 0 Å². The number of fused-ring (bicyclic) bond motifs is 7. The molecule has 8 atom stereocenters. The smallest absolute Gasteiger partial charge is 0.178 e. The summed E-state index contributed by atoms with van der Waals surface area (Å²) in [5.74, 6) is 1.76. The summed E-state index contributed by atoms with van der Waals surface area (Å²) in [6.45, 7) is 15.9. The second-order valence-electron chi connectivity index (χ2n) is 17.7. The Bertz CT molecular complexity index is 1330. The van der Waals surface area contributed by atoms with E-state index in [1.165, 1.54) is 37.7 Å². The first-order valence-corrected chi connectivity index (χ1v) is 17.0. The van der Waals surface area contributed by atoms with Crippen molar-refractivity contribution in [2.24, 2.45) is 56.2 Å². The Labute approximate surface area is 254 Å². The molecule has 0 spiro atoms. The highest BCUT2D eigenvalue weighted by molar-refractivity contribution is 6.04. The fourth-order valence-electron chi connectivity index (χ4n) is 12.1. The number of carbonyl (C=O) groups is 3. The van der Waals surface area contributed by atoms with Gasteiger partial charge in [0.15, 0.2) is 11.6 Å². The molecule has 42 heavy (non-hydrogen) atoms. The predicted octanol–water partition coefficient (Wildman–Crippen LogP) is 8.75. The molecular weight excluding hydrogens is 518 g/mol. The van der Waals surface area contributed by atoms with Gasteiger partial charge in [0.1, 0.15) is 11.9 Å². The predicted molar refractivity (Wildman–Crippen MR) is 165 cm³/mol. The van der Waals surface area contributed by atoms with Crippen LogP contribution < -0.4 is 0 Å². The normalized spacial score (nSPS) is 45.5. The quantitative estimate of drug-likeness (QED) is 0.338. The monoisotopic (exact) mass is 571 g/mol. The lowest BCUT2D eigenvalue weighted by molar-refractivity contribution is -0.172. The van der Waals surface area contributed by atoms with Crippen LogP contribution in [-0.4, -0.2) is 17.3 Å². The topological polar surface area (TPSA) is 75.0 Å². The first kappa shape index (κ1) is 30.0. The number of carbonyl (C=O) groups excluding carboxylic acids is 3. The molecule has 0 radical (unpaired) electrons. The van der Waals surface area contributed by atoms with E-state index in [-0.39, 0.29) is 44.9 Å². The Morgan fingerprint density at radius 2 is 1.64 bits per heavy atom. The second-order valence-corrected chi connectivity index (χ2v) is 17.7. The summed E-state index contributed by atoms with van der Waals surface area (Å²) in [6, 6.07) is 2.23. The second kappa shape index (κ2) is 9.49. The SMILES string of the molecule is CC1(C)CC[C@]2(CCCC3CCC(=O)C3)CC[C@]3(C)[C@H](C(=O)C=C4[C@@]5(C)C=C(C#N)C(=O)C(C)(C)C5CC[C@]43C)C2C1. The molecule has 4 fully saturated rings. The summed E-state index contributed by atoms with van der Waals surface area (Å²) >= 11 is 0. The lowest BCUT2D eigenvalue weighted by Gasteiger charge is -2.69. The van der Waals surface area contributed by atoms with E-state index < -0.39 is 10.8 Å². The largest absolute Gasteiger partial charge is 0.300 e. The van der Waals surface area contributed by atoms with Crippen LogP contribution in [0, 0.1) is 67.5 Å². The third-order valence-electron chi connectivity index (χ3n) is 14.7. The van der Waals surface area contributed by atoms with E-state index in [2.05, 4.69) is 40.7 Å². The minimum Gasteiger partial charge on any atom is -0.300 e. The van der Waals surface area contributed by atoms with Crippen molar-refractivity contribution in [3.8, 4) is 6.07 Å². The molecule has 0 aliphatic heterocycles. The maximum Gasteiger partial charge on any atom is 0.178 e. The zero-order valence-electron chi connectivity index (χ0n) is 27.3. The van der Waals surface area contributed by atoms with Crippen LogP contribution in [0.4, 0.5) is 0 Å². The van der Waals surface area contributed by atoms with Crippen LogP contribution in [0.1, 0.15) is 132 Å². The molecule has 0 aromatic rings. The van der Waals surface area contributed by atoms with Gasteiger partial charge in [0.25, 0.3) is 0 Å². The number of nitrogens with zero attached hydrogens (tertiary/aromatic N) is 1. The molecule has 4 heteroatoms. The summed E-state index contributed by atoms with van der Waals surface area (Å²) in [5.41, 5.74) is 0.511. The molecule has 0 heterocycles. The minimum absolute atomic E-state index is 0.0189. The first-order valence-electron chi connectivity index (χ1n) is 17.0. The molecule has 228 valence electrons. The summed E-state index contributed by atoms with van der Waals surface area (Å²) in [4.78, 5) is 39.9. The van der Waals surface area contributed by atoms with Gasteiger partial charge in [-0.25, -0.2) is 0 Å². The zero-order valence-corrected chi connectivity index (χ0v) is 27.3. The van der Waals surface area contributed by atoms with Gasteiger partial charge in [-0.2, -0.15) is 5.26 Å². The van der Waals surface area contributed by atoms with Crippen molar-refractivity contribution in [3.63, 3.8) is 0 Å². The van der Waals surface area contributed by atoms with Crippen molar-refractivity contribution < 1.29 is 14.4 Å². The number of hydrogen-bond acceptors (Lipinski definition) is 4. The molecule has 0 aromatic carbocycles. The van der Waals surface area contributed by atoms with Gasteiger partial charge < -0.3 is 0 Å². The Kier molecular flexibility index (Phi) is 6.78. The van der Waals surface area contributed by atoms with Gasteiger partial charge in [0, 0.05) is 29.6 Å². The Hall–Kier alpha value is -2.02. The Morgan fingerprint density at radius 1 is 0.929 bits per heavy atom. The Balaban J connectivity index is 1.39. The third kappa shape index (κ3) is 4.07.